The SMILES string of the molecule is C#C[C@]1(O)CCC2C3CC[C@H]4Cc5oc(C(=O)OC)cc5C[C@]4(C)C3CC[C@@]21C. The van der Waals surface area contributed by atoms with E-state index in [4.69, 9.17) is 15.6 Å². The maximum Gasteiger partial charge on any atom is 0.373 e. The molecule has 3 saturated carbocycles. The Bertz CT molecular complexity index is 893. The van der Waals surface area contributed by atoms with Crippen LogP contribution in [0.3, 0.4) is 0 Å². The highest BCUT2D eigenvalue weighted by Gasteiger charge is 2.64. The zero-order valence-electron chi connectivity index (χ0n) is 17.8. The fraction of sp³-hybridized carbons (Fsp3) is 0.720. The minimum absolute atomic E-state index is 0.153. The molecule has 3 unspecified atom stereocenters. The van der Waals surface area contributed by atoms with Gasteiger partial charge in [0.05, 0.1) is 7.11 Å². The van der Waals surface area contributed by atoms with Crippen molar-refractivity contribution >= 4 is 5.97 Å². The summed E-state index contributed by atoms with van der Waals surface area (Å²) in [5, 5.41) is 11.2. The van der Waals surface area contributed by atoms with Gasteiger partial charge in [0.2, 0.25) is 5.76 Å². The molecule has 0 saturated heterocycles. The molecule has 0 aromatic carbocycles. The van der Waals surface area contributed by atoms with Crippen LogP contribution in [0.5, 0.6) is 0 Å². The van der Waals surface area contributed by atoms with Gasteiger partial charge in [0.25, 0.3) is 0 Å². The van der Waals surface area contributed by atoms with E-state index in [9.17, 15) is 9.90 Å². The van der Waals surface area contributed by atoms with Crippen LogP contribution in [0.4, 0.5) is 0 Å². The number of esters is 1. The lowest BCUT2D eigenvalue weighted by Gasteiger charge is -2.60. The molecule has 156 valence electrons. The second-order valence-electron chi connectivity index (χ2n) is 10.6. The molecular formula is C25H32O4. The molecule has 1 aromatic heterocycles. The number of fused-ring (bicyclic) bond motifs is 6. The Morgan fingerprint density at radius 3 is 2.72 bits per heavy atom. The maximum absolute atomic E-state index is 11.9. The van der Waals surface area contributed by atoms with E-state index in [2.05, 4.69) is 19.8 Å². The molecule has 0 bridgehead atoms. The molecule has 0 spiro atoms. The molecule has 3 fully saturated rings. The van der Waals surface area contributed by atoms with Crippen molar-refractivity contribution in [2.24, 2.45) is 34.5 Å². The molecular weight excluding hydrogens is 364 g/mol. The highest BCUT2D eigenvalue weighted by atomic mass is 16.5. The Hall–Kier alpha value is -1.73. The van der Waals surface area contributed by atoms with Crippen LogP contribution in [0, 0.1) is 46.8 Å². The summed E-state index contributed by atoms with van der Waals surface area (Å²) >= 11 is 0. The second-order valence-corrected chi connectivity index (χ2v) is 10.6. The number of hydrogen-bond acceptors (Lipinski definition) is 4. The van der Waals surface area contributed by atoms with Crippen LogP contribution in [0.15, 0.2) is 10.5 Å². The zero-order valence-corrected chi connectivity index (χ0v) is 17.8. The Morgan fingerprint density at radius 2 is 2.00 bits per heavy atom. The van der Waals surface area contributed by atoms with Crippen LogP contribution in [-0.4, -0.2) is 23.8 Å². The molecule has 0 amide bonds. The standard InChI is InChI=1S/C25H32O4/c1-5-25(27)11-9-19-17-7-6-16-13-20-15(12-21(29-20)22(26)28-4)14-23(16,2)18(17)8-10-24(19,25)3/h1,12,16-19,27H,6-11,13-14H2,2-4H3/t16-,17?,18?,19?,23-,24-,25-/m0/s1. The predicted molar refractivity (Wildman–Crippen MR) is 109 cm³/mol. The Kier molecular flexibility index (Phi) is 4.07. The van der Waals surface area contributed by atoms with Crippen molar-refractivity contribution in [3.63, 3.8) is 0 Å². The van der Waals surface area contributed by atoms with Gasteiger partial charge in [-0.25, -0.2) is 4.79 Å². The molecule has 4 aliphatic rings. The van der Waals surface area contributed by atoms with Gasteiger partial charge in [0.1, 0.15) is 11.4 Å². The third-order valence-corrected chi connectivity index (χ3v) is 9.74. The van der Waals surface area contributed by atoms with Crippen molar-refractivity contribution in [2.45, 2.75) is 70.8 Å². The summed E-state index contributed by atoms with van der Waals surface area (Å²) < 4.78 is 10.7. The minimum atomic E-state index is -0.944. The van der Waals surface area contributed by atoms with E-state index in [0.29, 0.717) is 29.4 Å². The van der Waals surface area contributed by atoms with E-state index in [1.165, 1.54) is 25.5 Å². The summed E-state index contributed by atoms with van der Waals surface area (Å²) in [6.45, 7) is 4.71. The Labute approximate surface area is 173 Å². The van der Waals surface area contributed by atoms with Crippen molar-refractivity contribution in [2.75, 3.05) is 7.11 Å². The topological polar surface area (TPSA) is 59.7 Å². The fourth-order valence-corrected chi connectivity index (χ4v) is 8.02. The predicted octanol–water partition coefficient (Wildman–Crippen LogP) is 4.39. The van der Waals surface area contributed by atoms with Gasteiger partial charge >= 0.3 is 5.97 Å². The van der Waals surface area contributed by atoms with Crippen LogP contribution < -0.4 is 0 Å². The first kappa shape index (κ1) is 19.2. The van der Waals surface area contributed by atoms with Crippen molar-refractivity contribution < 1.29 is 19.1 Å². The lowest BCUT2D eigenvalue weighted by molar-refractivity contribution is -0.128. The van der Waals surface area contributed by atoms with E-state index >= 15 is 0 Å². The second kappa shape index (κ2) is 6.14. The summed E-state index contributed by atoms with van der Waals surface area (Å²) in [4.78, 5) is 11.9. The van der Waals surface area contributed by atoms with E-state index in [0.717, 1.165) is 44.3 Å². The number of rotatable bonds is 1. The monoisotopic (exact) mass is 396 g/mol. The van der Waals surface area contributed by atoms with Crippen molar-refractivity contribution in [1.82, 2.24) is 0 Å². The normalized spacial score (nSPS) is 45.3. The number of carbonyl (C=O) groups excluding carboxylic acids is 1. The van der Waals surface area contributed by atoms with Gasteiger partial charge in [0.15, 0.2) is 0 Å². The average molecular weight is 397 g/mol. The van der Waals surface area contributed by atoms with Crippen LogP contribution in [-0.2, 0) is 17.6 Å². The number of terminal acetylenes is 1. The molecule has 5 rings (SSSR count). The first-order valence-electron chi connectivity index (χ1n) is 11.2. The van der Waals surface area contributed by atoms with E-state index in [1.54, 1.807) is 0 Å². The van der Waals surface area contributed by atoms with Gasteiger partial charge in [-0.15, -0.1) is 6.42 Å². The Balaban J connectivity index is 1.47. The molecule has 1 heterocycles. The Morgan fingerprint density at radius 1 is 1.24 bits per heavy atom. The molecule has 1 aromatic rings. The number of furan rings is 1. The van der Waals surface area contributed by atoms with Crippen LogP contribution >= 0.6 is 0 Å². The molecule has 4 nitrogen and oxygen atoms in total. The molecule has 4 heteroatoms. The van der Waals surface area contributed by atoms with Crippen LogP contribution in [0.1, 0.15) is 74.3 Å². The first-order chi connectivity index (χ1) is 13.8. The lowest BCUT2D eigenvalue weighted by atomic mass is 9.44. The molecule has 0 radical (unpaired) electrons. The highest BCUT2D eigenvalue weighted by Crippen LogP contribution is 2.67. The molecule has 1 N–H and O–H groups in total. The third kappa shape index (κ3) is 2.40. The summed E-state index contributed by atoms with van der Waals surface area (Å²) in [5.74, 6) is 6.07. The minimum Gasteiger partial charge on any atom is -0.463 e. The smallest absolute Gasteiger partial charge is 0.373 e. The van der Waals surface area contributed by atoms with Gasteiger partial charge in [0, 0.05) is 11.8 Å². The van der Waals surface area contributed by atoms with E-state index < -0.39 is 11.6 Å². The third-order valence-electron chi connectivity index (χ3n) is 9.74. The van der Waals surface area contributed by atoms with E-state index in [1.807, 2.05) is 6.07 Å². The van der Waals surface area contributed by atoms with Crippen molar-refractivity contribution in [3.8, 4) is 12.3 Å². The van der Waals surface area contributed by atoms with Crippen molar-refractivity contribution in [1.29, 1.82) is 0 Å². The van der Waals surface area contributed by atoms with Crippen molar-refractivity contribution in [3.05, 3.63) is 23.2 Å². The summed E-state index contributed by atoms with van der Waals surface area (Å²) in [7, 11) is 1.40. The quantitative estimate of drug-likeness (QED) is 0.565. The summed E-state index contributed by atoms with van der Waals surface area (Å²) in [6.07, 6.45) is 14.0. The average Bonchev–Trinajstić information content (AvgIpc) is 3.23. The van der Waals surface area contributed by atoms with Gasteiger partial charge in [-0.05, 0) is 85.7 Å². The van der Waals surface area contributed by atoms with Gasteiger partial charge < -0.3 is 14.3 Å². The number of aliphatic hydroxyl groups is 1. The molecule has 7 atom stereocenters. The summed E-state index contributed by atoms with van der Waals surface area (Å²) in [5.41, 5.74) is 0.301. The molecule has 4 aliphatic carbocycles. The molecule has 29 heavy (non-hydrogen) atoms. The van der Waals surface area contributed by atoms with Crippen LogP contribution in [0.25, 0.3) is 0 Å². The molecule has 0 aliphatic heterocycles. The van der Waals surface area contributed by atoms with Crippen LogP contribution in [0.2, 0.25) is 0 Å². The number of carbonyl (C=O) groups is 1. The number of hydrogen-bond donors (Lipinski definition) is 1. The summed E-state index contributed by atoms with van der Waals surface area (Å²) in [6, 6.07) is 1.91. The van der Waals surface area contributed by atoms with Gasteiger partial charge in [-0.1, -0.05) is 19.8 Å². The maximum atomic E-state index is 11.9. The number of methoxy groups -OCH3 is 1. The van der Waals surface area contributed by atoms with Gasteiger partial charge in [-0.3, -0.25) is 0 Å². The number of ether oxygens (including phenoxy) is 1. The zero-order chi connectivity index (χ0) is 20.6. The first-order valence-corrected chi connectivity index (χ1v) is 11.2. The van der Waals surface area contributed by atoms with Gasteiger partial charge in [-0.2, -0.15) is 0 Å². The fourth-order valence-electron chi connectivity index (χ4n) is 8.02. The highest BCUT2D eigenvalue weighted by molar-refractivity contribution is 5.86. The van der Waals surface area contributed by atoms with E-state index in [-0.39, 0.29) is 10.8 Å². The largest absolute Gasteiger partial charge is 0.463 e. The lowest BCUT2D eigenvalue weighted by Crippen LogP contribution is -2.56.